The third-order valence-corrected chi connectivity index (χ3v) is 7.14. The highest BCUT2D eigenvalue weighted by atomic mass is 19.4. The van der Waals surface area contributed by atoms with Crippen LogP contribution in [0, 0.1) is 0 Å². The first-order chi connectivity index (χ1) is 20.3. The van der Waals surface area contributed by atoms with Crippen molar-refractivity contribution in [2.45, 2.75) is 50.2 Å². The lowest BCUT2D eigenvalue weighted by molar-refractivity contribution is -0.151. The molecular weight excluding hydrogens is 580 g/mol. The van der Waals surface area contributed by atoms with Gasteiger partial charge in [0.1, 0.15) is 17.6 Å². The van der Waals surface area contributed by atoms with Gasteiger partial charge in [0.05, 0.1) is 31.8 Å². The molecule has 0 radical (unpaired) electrons. The lowest BCUT2D eigenvalue weighted by Gasteiger charge is -2.39. The Morgan fingerprint density at radius 2 is 1.40 bits per heavy atom. The first-order valence-electron chi connectivity index (χ1n) is 13.3. The predicted octanol–water partition coefficient (Wildman–Crippen LogP) is 6.74. The fourth-order valence-electron chi connectivity index (χ4n) is 5.08. The molecule has 0 aromatic heterocycles. The number of piperidine rings is 1. The molecule has 2 atom stereocenters. The van der Waals surface area contributed by atoms with E-state index in [1.165, 1.54) is 19.1 Å². The zero-order chi connectivity index (χ0) is 31.4. The molecule has 0 spiro atoms. The van der Waals surface area contributed by atoms with E-state index < -0.39 is 53.1 Å². The van der Waals surface area contributed by atoms with Gasteiger partial charge < -0.3 is 19.1 Å². The van der Waals surface area contributed by atoms with Crippen LogP contribution in [0.1, 0.15) is 45.5 Å². The minimum Gasteiger partial charge on any atom is -0.497 e. The molecule has 12 heteroatoms. The summed E-state index contributed by atoms with van der Waals surface area (Å²) in [7, 11) is 2.95. The molecule has 1 aliphatic heterocycles. The highest BCUT2D eigenvalue weighted by molar-refractivity contribution is 5.95. The van der Waals surface area contributed by atoms with E-state index in [9.17, 15) is 35.9 Å². The number of likely N-dealkylation sites (tertiary alicyclic amines) is 1. The Morgan fingerprint density at radius 3 is 1.93 bits per heavy atom. The van der Waals surface area contributed by atoms with Crippen molar-refractivity contribution in [1.29, 1.82) is 0 Å². The molecule has 0 N–H and O–H groups in total. The summed E-state index contributed by atoms with van der Waals surface area (Å²) < 4.78 is 97.0. The fourth-order valence-corrected chi connectivity index (χ4v) is 5.08. The Labute approximate surface area is 244 Å². The quantitative estimate of drug-likeness (QED) is 0.209. The van der Waals surface area contributed by atoms with Crippen LogP contribution in [-0.4, -0.2) is 49.7 Å². The van der Waals surface area contributed by atoms with E-state index in [1.54, 1.807) is 48.5 Å². The maximum Gasteiger partial charge on any atom is 0.416 e. The van der Waals surface area contributed by atoms with Gasteiger partial charge in [0.25, 0.3) is 5.91 Å². The Balaban J connectivity index is 1.56. The average Bonchev–Trinajstić information content (AvgIpc) is 2.96. The molecule has 1 amide bonds. The molecule has 3 aromatic carbocycles. The lowest BCUT2D eigenvalue weighted by Crippen LogP contribution is -2.49. The van der Waals surface area contributed by atoms with E-state index in [0.717, 1.165) is 5.56 Å². The first-order valence-corrected chi connectivity index (χ1v) is 13.3. The minimum atomic E-state index is -5.09. The number of nitrogens with zero attached hydrogens (tertiary/aromatic N) is 1. The number of benzene rings is 3. The molecule has 0 aliphatic carbocycles. The third-order valence-electron chi connectivity index (χ3n) is 7.14. The predicted molar refractivity (Wildman–Crippen MR) is 144 cm³/mol. The van der Waals surface area contributed by atoms with Crippen molar-refractivity contribution in [1.82, 2.24) is 4.90 Å². The zero-order valence-electron chi connectivity index (χ0n) is 23.3. The number of alkyl halides is 6. The van der Waals surface area contributed by atoms with Crippen LogP contribution in [0.5, 0.6) is 11.5 Å². The lowest BCUT2D eigenvalue weighted by atomic mass is 9.92. The molecule has 1 aliphatic rings. The van der Waals surface area contributed by atoms with Gasteiger partial charge in [-0.25, -0.2) is 0 Å². The number of rotatable bonds is 8. The second kappa shape index (κ2) is 13.0. The molecular formula is C31H29F6NO5. The van der Waals surface area contributed by atoms with E-state index in [2.05, 4.69) is 0 Å². The topological polar surface area (TPSA) is 65.1 Å². The number of methoxy groups -OCH3 is 2. The molecule has 6 nitrogen and oxygen atoms in total. The van der Waals surface area contributed by atoms with Crippen LogP contribution in [-0.2, 0) is 34.7 Å². The Hall–Kier alpha value is -4.22. The fraction of sp³-hybridized carbons (Fsp3) is 0.355. The Kier molecular flexibility index (Phi) is 9.56. The van der Waals surface area contributed by atoms with Crippen LogP contribution in [0.2, 0.25) is 0 Å². The van der Waals surface area contributed by atoms with Crippen molar-refractivity contribution in [3.05, 3.63) is 94.5 Å². The monoisotopic (exact) mass is 609 g/mol. The average molecular weight is 610 g/mol. The second-order valence-electron chi connectivity index (χ2n) is 10.2. The van der Waals surface area contributed by atoms with Crippen LogP contribution in [0.25, 0.3) is 0 Å². The number of carbonyl (C=O) groups is 2. The second-order valence-corrected chi connectivity index (χ2v) is 10.2. The molecule has 2 unspecified atom stereocenters. The molecule has 1 saturated heterocycles. The van der Waals surface area contributed by atoms with Gasteiger partial charge in [0, 0.05) is 37.1 Å². The summed E-state index contributed by atoms with van der Waals surface area (Å²) in [5.41, 5.74) is -2.48. The van der Waals surface area contributed by atoms with E-state index in [-0.39, 0.29) is 38.3 Å². The van der Waals surface area contributed by atoms with Crippen LogP contribution >= 0.6 is 0 Å². The number of hydrogen-bond donors (Lipinski definition) is 0. The molecule has 0 saturated carbocycles. The molecule has 1 fully saturated rings. The maximum absolute atomic E-state index is 13.5. The largest absolute Gasteiger partial charge is 0.497 e. The van der Waals surface area contributed by atoms with E-state index in [1.807, 2.05) is 0 Å². The molecule has 43 heavy (non-hydrogen) atoms. The smallest absolute Gasteiger partial charge is 0.416 e. The van der Waals surface area contributed by atoms with Gasteiger partial charge in [-0.1, -0.05) is 30.3 Å². The summed E-state index contributed by atoms with van der Waals surface area (Å²) in [4.78, 5) is 27.6. The number of halogens is 6. The standard InChI is InChI=1S/C31H29F6NO5/c1-41-26-11-20(12-27(18-26)42-2)13-28(39)43-25-8-9-38(24(17-25)10-19-6-4-3-5-7-19)29(40)21-14-22(30(32,33)34)16-23(15-21)31(35,36)37/h3-7,11-12,14-16,18,24-25H,8-10,13,17H2,1-2H3. The SMILES string of the molecule is COc1cc(CC(=O)OC2CCN(C(=O)c3cc(C(F)(F)F)cc(C(F)(F)F)c3)C(Cc3ccccc3)C2)cc(OC)c1. The molecule has 1 heterocycles. The van der Waals surface area contributed by atoms with Crippen molar-refractivity contribution >= 4 is 11.9 Å². The number of carbonyl (C=O) groups excluding carboxylic acids is 2. The van der Waals surface area contributed by atoms with Crippen LogP contribution in [0.3, 0.4) is 0 Å². The maximum atomic E-state index is 13.5. The van der Waals surface area contributed by atoms with Crippen LogP contribution < -0.4 is 9.47 Å². The van der Waals surface area contributed by atoms with Gasteiger partial charge in [-0.3, -0.25) is 9.59 Å². The van der Waals surface area contributed by atoms with Gasteiger partial charge in [0.15, 0.2) is 0 Å². The summed E-state index contributed by atoms with van der Waals surface area (Å²) in [6.07, 6.45) is -10.4. The molecule has 0 bridgehead atoms. The van der Waals surface area contributed by atoms with Crippen LogP contribution in [0.15, 0.2) is 66.7 Å². The zero-order valence-corrected chi connectivity index (χ0v) is 23.3. The summed E-state index contributed by atoms with van der Waals surface area (Å²) >= 11 is 0. The molecule has 4 rings (SSSR count). The van der Waals surface area contributed by atoms with Crippen LogP contribution in [0.4, 0.5) is 26.3 Å². The number of esters is 1. The first kappa shape index (κ1) is 31.7. The van der Waals surface area contributed by atoms with Gasteiger partial charge in [-0.15, -0.1) is 0 Å². The summed E-state index contributed by atoms with van der Waals surface area (Å²) in [5.74, 6) is -0.544. The van der Waals surface area contributed by atoms with Gasteiger partial charge in [0.2, 0.25) is 0 Å². The van der Waals surface area contributed by atoms with Crippen molar-refractivity contribution in [3.63, 3.8) is 0 Å². The Bertz CT molecular complexity index is 1390. The number of hydrogen-bond acceptors (Lipinski definition) is 5. The van der Waals surface area contributed by atoms with E-state index in [0.29, 0.717) is 29.2 Å². The summed E-state index contributed by atoms with van der Waals surface area (Å²) in [5, 5.41) is 0. The normalized spacial score (nSPS) is 17.3. The Morgan fingerprint density at radius 1 is 0.814 bits per heavy atom. The minimum absolute atomic E-state index is 0.0121. The highest BCUT2D eigenvalue weighted by Crippen LogP contribution is 2.37. The summed E-state index contributed by atoms with van der Waals surface area (Å²) in [6, 6.07) is 14.1. The molecule has 3 aromatic rings. The van der Waals surface area contributed by atoms with Crippen molar-refractivity contribution < 1.29 is 50.1 Å². The third kappa shape index (κ3) is 8.20. The highest BCUT2D eigenvalue weighted by Gasteiger charge is 2.39. The van der Waals surface area contributed by atoms with E-state index in [4.69, 9.17) is 14.2 Å². The molecule has 230 valence electrons. The van der Waals surface area contributed by atoms with E-state index >= 15 is 0 Å². The van der Waals surface area contributed by atoms with Crippen molar-refractivity contribution in [2.24, 2.45) is 0 Å². The number of ether oxygens (including phenoxy) is 3. The number of amides is 1. The van der Waals surface area contributed by atoms with Gasteiger partial charge >= 0.3 is 18.3 Å². The van der Waals surface area contributed by atoms with Gasteiger partial charge in [-0.05, 0) is 47.9 Å². The van der Waals surface area contributed by atoms with Crippen molar-refractivity contribution in [3.8, 4) is 11.5 Å². The van der Waals surface area contributed by atoms with Crippen molar-refractivity contribution in [2.75, 3.05) is 20.8 Å². The summed E-state index contributed by atoms with van der Waals surface area (Å²) in [6.45, 7) is -0.0428. The van der Waals surface area contributed by atoms with Gasteiger partial charge in [-0.2, -0.15) is 26.3 Å².